The van der Waals surface area contributed by atoms with Crippen molar-refractivity contribution in [2.75, 3.05) is 6.61 Å². The first-order valence-corrected chi connectivity index (χ1v) is 6.00. The summed E-state index contributed by atoms with van der Waals surface area (Å²) in [5, 5.41) is 0. The van der Waals surface area contributed by atoms with E-state index >= 15 is 0 Å². The largest absolute Gasteiger partial charge is 0.493 e. The highest BCUT2D eigenvalue weighted by atomic mass is 79.9. The Morgan fingerprint density at radius 2 is 2.29 bits per heavy atom. The molecule has 0 aliphatic carbocycles. The van der Waals surface area contributed by atoms with Gasteiger partial charge in [0, 0.05) is 25.9 Å². The van der Waals surface area contributed by atoms with Crippen LogP contribution in [0.3, 0.4) is 0 Å². The first-order chi connectivity index (χ1) is 8.16. The molecule has 5 heteroatoms. The van der Waals surface area contributed by atoms with Crippen LogP contribution in [0.4, 0.5) is 4.39 Å². The Balaban J connectivity index is 1.90. The smallest absolute Gasteiger partial charge is 0.137 e. The molecule has 0 fully saturated rings. The van der Waals surface area contributed by atoms with Crippen molar-refractivity contribution in [1.82, 2.24) is 9.55 Å². The van der Waals surface area contributed by atoms with Crippen molar-refractivity contribution in [3.8, 4) is 5.75 Å². The Morgan fingerprint density at radius 1 is 1.47 bits per heavy atom. The molecule has 0 N–H and O–H groups in total. The van der Waals surface area contributed by atoms with Gasteiger partial charge in [-0.05, 0) is 34.1 Å². The molecule has 0 saturated heterocycles. The molecule has 1 aromatic carbocycles. The molecule has 0 radical (unpaired) electrons. The maximum absolute atomic E-state index is 13.0. The molecule has 0 aliphatic heterocycles. The summed E-state index contributed by atoms with van der Waals surface area (Å²) in [7, 11) is 1.94. The number of halogens is 2. The summed E-state index contributed by atoms with van der Waals surface area (Å²) in [4.78, 5) is 4.19. The van der Waals surface area contributed by atoms with E-state index in [0.717, 1.165) is 12.2 Å². The molecule has 0 atom stereocenters. The highest BCUT2D eigenvalue weighted by Gasteiger charge is 2.03. The molecule has 0 amide bonds. The minimum absolute atomic E-state index is 0.290. The highest BCUT2D eigenvalue weighted by molar-refractivity contribution is 9.10. The summed E-state index contributed by atoms with van der Waals surface area (Å²) in [5.74, 6) is 1.32. The van der Waals surface area contributed by atoms with Gasteiger partial charge >= 0.3 is 0 Å². The van der Waals surface area contributed by atoms with E-state index in [9.17, 15) is 4.39 Å². The number of rotatable bonds is 4. The van der Waals surface area contributed by atoms with E-state index < -0.39 is 0 Å². The van der Waals surface area contributed by atoms with Crippen LogP contribution in [0, 0.1) is 5.82 Å². The van der Waals surface area contributed by atoms with Crippen LogP contribution < -0.4 is 4.74 Å². The van der Waals surface area contributed by atoms with Crippen molar-refractivity contribution < 1.29 is 9.13 Å². The lowest BCUT2D eigenvalue weighted by Crippen LogP contribution is -2.06. The summed E-state index contributed by atoms with van der Waals surface area (Å²) in [6.45, 7) is 0.517. The Hall–Kier alpha value is -1.36. The standard InChI is InChI=1S/C12H12BrFN2O/c1-16-6-5-15-12(16)4-7-17-9-2-3-11(14)10(13)8-9/h2-3,5-6,8H,4,7H2,1H3. The van der Waals surface area contributed by atoms with E-state index in [1.807, 2.05) is 17.8 Å². The third-order valence-corrected chi connectivity index (χ3v) is 3.01. The average Bonchev–Trinajstić information content (AvgIpc) is 2.70. The summed E-state index contributed by atoms with van der Waals surface area (Å²) in [6.07, 6.45) is 4.37. The van der Waals surface area contributed by atoms with Crippen molar-refractivity contribution in [2.24, 2.45) is 7.05 Å². The second kappa shape index (κ2) is 5.31. The van der Waals surface area contributed by atoms with Crippen LogP contribution in [0.2, 0.25) is 0 Å². The van der Waals surface area contributed by atoms with Gasteiger partial charge in [-0.2, -0.15) is 0 Å². The number of hydrogen-bond acceptors (Lipinski definition) is 2. The van der Waals surface area contributed by atoms with E-state index in [0.29, 0.717) is 16.8 Å². The minimum atomic E-state index is -0.290. The molecule has 3 nitrogen and oxygen atoms in total. The lowest BCUT2D eigenvalue weighted by molar-refractivity contribution is 0.317. The molecule has 0 saturated carbocycles. The minimum Gasteiger partial charge on any atom is -0.493 e. The predicted molar refractivity (Wildman–Crippen MR) is 66.5 cm³/mol. The number of hydrogen-bond donors (Lipinski definition) is 0. The van der Waals surface area contributed by atoms with Gasteiger partial charge in [0.15, 0.2) is 0 Å². The van der Waals surface area contributed by atoms with Gasteiger partial charge in [-0.15, -0.1) is 0 Å². The second-order valence-electron chi connectivity index (χ2n) is 3.63. The summed E-state index contributed by atoms with van der Waals surface area (Å²) < 4.78 is 20.9. The molecule has 17 heavy (non-hydrogen) atoms. The zero-order valence-corrected chi connectivity index (χ0v) is 10.9. The van der Waals surface area contributed by atoms with Crippen LogP contribution in [0.15, 0.2) is 35.1 Å². The zero-order chi connectivity index (χ0) is 12.3. The number of ether oxygens (including phenoxy) is 1. The van der Waals surface area contributed by atoms with Crippen LogP contribution >= 0.6 is 15.9 Å². The molecule has 0 spiro atoms. The van der Waals surface area contributed by atoms with Crippen molar-refractivity contribution >= 4 is 15.9 Å². The van der Waals surface area contributed by atoms with Gasteiger partial charge in [0.25, 0.3) is 0 Å². The van der Waals surface area contributed by atoms with Crippen LogP contribution in [0.25, 0.3) is 0 Å². The predicted octanol–water partition coefficient (Wildman–Crippen LogP) is 2.94. The quantitative estimate of drug-likeness (QED) is 0.868. The second-order valence-corrected chi connectivity index (χ2v) is 4.48. The fourth-order valence-corrected chi connectivity index (χ4v) is 1.82. The number of benzene rings is 1. The number of imidazole rings is 1. The number of aromatic nitrogens is 2. The molecular weight excluding hydrogens is 287 g/mol. The van der Waals surface area contributed by atoms with E-state index in [-0.39, 0.29) is 5.82 Å². The van der Waals surface area contributed by atoms with Crippen molar-refractivity contribution in [1.29, 1.82) is 0 Å². The van der Waals surface area contributed by atoms with Crippen LogP contribution in [-0.2, 0) is 13.5 Å². The Morgan fingerprint density at radius 3 is 2.94 bits per heavy atom. The lowest BCUT2D eigenvalue weighted by atomic mass is 10.3. The number of aryl methyl sites for hydroxylation is 1. The molecule has 1 aromatic heterocycles. The molecule has 2 rings (SSSR count). The molecule has 2 aromatic rings. The summed E-state index contributed by atoms with van der Waals surface area (Å²) in [5.41, 5.74) is 0. The van der Waals surface area contributed by atoms with Gasteiger partial charge in [0.2, 0.25) is 0 Å². The Labute approximate surface area is 107 Å². The normalized spacial score (nSPS) is 10.5. The van der Waals surface area contributed by atoms with Crippen molar-refractivity contribution in [2.45, 2.75) is 6.42 Å². The van der Waals surface area contributed by atoms with Gasteiger partial charge in [0.1, 0.15) is 17.4 Å². The molecular formula is C12H12BrFN2O. The maximum Gasteiger partial charge on any atom is 0.137 e. The third kappa shape index (κ3) is 3.06. The summed E-state index contributed by atoms with van der Waals surface area (Å²) in [6, 6.07) is 4.60. The first-order valence-electron chi connectivity index (χ1n) is 5.21. The molecule has 0 unspecified atom stereocenters. The van der Waals surface area contributed by atoms with Crippen molar-refractivity contribution in [3.05, 3.63) is 46.7 Å². The first kappa shape index (κ1) is 12.1. The van der Waals surface area contributed by atoms with Gasteiger partial charge in [-0.3, -0.25) is 0 Å². The fourth-order valence-electron chi connectivity index (χ4n) is 1.46. The van der Waals surface area contributed by atoms with Crippen molar-refractivity contribution in [3.63, 3.8) is 0 Å². The highest BCUT2D eigenvalue weighted by Crippen LogP contribution is 2.21. The Bertz CT molecular complexity index is 513. The molecule has 0 aliphatic rings. The van der Waals surface area contributed by atoms with E-state index in [4.69, 9.17) is 4.74 Å². The molecule has 90 valence electrons. The van der Waals surface area contributed by atoms with E-state index in [1.54, 1.807) is 18.3 Å². The third-order valence-electron chi connectivity index (χ3n) is 2.41. The number of nitrogens with zero attached hydrogens (tertiary/aromatic N) is 2. The summed E-state index contributed by atoms with van der Waals surface area (Å²) >= 11 is 3.12. The molecule has 0 bridgehead atoms. The lowest BCUT2D eigenvalue weighted by Gasteiger charge is -2.06. The van der Waals surface area contributed by atoms with Gasteiger partial charge in [-0.1, -0.05) is 0 Å². The van der Waals surface area contributed by atoms with E-state index in [2.05, 4.69) is 20.9 Å². The van der Waals surface area contributed by atoms with Gasteiger partial charge < -0.3 is 9.30 Å². The van der Waals surface area contributed by atoms with E-state index in [1.165, 1.54) is 6.07 Å². The zero-order valence-electron chi connectivity index (χ0n) is 9.36. The van der Waals surface area contributed by atoms with Gasteiger partial charge in [-0.25, -0.2) is 9.37 Å². The Kier molecular flexibility index (Phi) is 3.78. The maximum atomic E-state index is 13.0. The monoisotopic (exact) mass is 298 g/mol. The molecule has 1 heterocycles. The average molecular weight is 299 g/mol. The van der Waals surface area contributed by atoms with Crippen LogP contribution in [0.5, 0.6) is 5.75 Å². The fraction of sp³-hybridized carbons (Fsp3) is 0.250. The van der Waals surface area contributed by atoms with Gasteiger partial charge in [0.05, 0.1) is 11.1 Å². The van der Waals surface area contributed by atoms with Crippen LogP contribution in [0.1, 0.15) is 5.82 Å². The van der Waals surface area contributed by atoms with Crippen LogP contribution in [-0.4, -0.2) is 16.2 Å². The SMILES string of the molecule is Cn1ccnc1CCOc1ccc(F)c(Br)c1. The topological polar surface area (TPSA) is 27.1 Å².